The van der Waals surface area contributed by atoms with Crippen LogP contribution in [0.4, 0.5) is 0 Å². The van der Waals surface area contributed by atoms with Crippen LogP contribution in [0, 0.1) is 5.41 Å². The highest BCUT2D eigenvalue weighted by Gasteiger charge is 2.52. The molecular weight excluding hydrogens is 188 g/mol. The van der Waals surface area contributed by atoms with Gasteiger partial charge in [0.25, 0.3) is 0 Å². The van der Waals surface area contributed by atoms with Crippen molar-refractivity contribution in [1.29, 1.82) is 0 Å². The molecule has 2 aliphatic rings. The molecule has 2 atom stereocenters. The van der Waals surface area contributed by atoms with Crippen LogP contribution in [-0.4, -0.2) is 31.3 Å². The predicted octanol–water partition coefficient (Wildman–Crippen LogP) is 1.27. The fraction of sp³-hybridized carbons (Fsp3) is 1.00. The summed E-state index contributed by atoms with van der Waals surface area (Å²) in [5, 5.41) is 3.64. The Morgan fingerprint density at radius 2 is 2.27 bits per heavy atom. The van der Waals surface area contributed by atoms with E-state index in [0.717, 1.165) is 19.7 Å². The van der Waals surface area contributed by atoms with Crippen LogP contribution in [0.1, 0.15) is 39.5 Å². The Kier molecular flexibility index (Phi) is 3.06. The smallest absolute Gasteiger partial charge is 0.0700 e. The van der Waals surface area contributed by atoms with Crippen LogP contribution in [-0.2, 0) is 4.74 Å². The van der Waals surface area contributed by atoms with Crippen molar-refractivity contribution in [1.82, 2.24) is 5.32 Å². The zero-order valence-electron chi connectivity index (χ0n) is 10.0. The summed E-state index contributed by atoms with van der Waals surface area (Å²) in [6.45, 7) is 7.21. The molecule has 0 aromatic carbocycles. The largest absolute Gasteiger partial charge is 0.377 e. The van der Waals surface area contributed by atoms with Gasteiger partial charge in [0.15, 0.2) is 0 Å². The molecule has 0 aromatic rings. The van der Waals surface area contributed by atoms with Gasteiger partial charge in [0, 0.05) is 25.2 Å². The van der Waals surface area contributed by atoms with Gasteiger partial charge < -0.3 is 15.8 Å². The maximum Gasteiger partial charge on any atom is 0.0700 e. The van der Waals surface area contributed by atoms with Crippen LogP contribution < -0.4 is 11.1 Å². The first-order valence-electron chi connectivity index (χ1n) is 6.16. The molecule has 1 heterocycles. The van der Waals surface area contributed by atoms with E-state index in [0.29, 0.717) is 11.5 Å². The first kappa shape index (κ1) is 11.4. The summed E-state index contributed by atoms with van der Waals surface area (Å²) in [5.41, 5.74) is 6.43. The van der Waals surface area contributed by atoms with Gasteiger partial charge in [-0.2, -0.15) is 0 Å². The zero-order chi connectivity index (χ0) is 10.9. The number of nitrogens with one attached hydrogen (secondary N) is 1. The molecule has 0 spiro atoms. The van der Waals surface area contributed by atoms with Gasteiger partial charge in [-0.05, 0) is 38.0 Å². The van der Waals surface area contributed by atoms with E-state index in [1.807, 2.05) is 0 Å². The van der Waals surface area contributed by atoms with Crippen molar-refractivity contribution in [2.45, 2.75) is 51.2 Å². The minimum Gasteiger partial charge on any atom is -0.377 e. The van der Waals surface area contributed by atoms with Gasteiger partial charge in [-0.15, -0.1) is 0 Å². The van der Waals surface area contributed by atoms with Crippen molar-refractivity contribution in [3.8, 4) is 0 Å². The summed E-state index contributed by atoms with van der Waals surface area (Å²) < 4.78 is 5.62. The van der Waals surface area contributed by atoms with Crippen molar-refractivity contribution in [2.24, 2.45) is 11.1 Å². The molecule has 0 bridgehead atoms. The molecule has 1 aliphatic heterocycles. The van der Waals surface area contributed by atoms with E-state index in [9.17, 15) is 0 Å². The summed E-state index contributed by atoms with van der Waals surface area (Å²) in [5.74, 6) is 0. The van der Waals surface area contributed by atoms with Gasteiger partial charge >= 0.3 is 0 Å². The molecular formula is C12H24N2O. The van der Waals surface area contributed by atoms with Gasteiger partial charge in [-0.3, -0.25) is 0 Å². The summed E-state index contributed by atoms with van der Waals surface area (Å²) in [6.07, 6.45) is 5.43. The van der Waals surface area contributed by atoms with Crippen molar-refractivity contribution in [3.05, 3.63) is 0 Å². The van der Waals surface area contributed by atoms with E-state index in [-0.39, 0.29) is 5.54 Å². The van der Waals surface area contributed by atoms with Crippen molar-refractivity contribution in [3.63, 3.8) is 0 Å². The minimum absolute atomic E-state index is 0.0962. The first-order chi connectivity index (χ1) is 7.10. The van der Waals surface area contributed by atoms with Crippen molar-refractivity contribution in [2.75, 3.05) is 19.7 Å². The van der Waals surface area contributed by atoms with E-state index in [1.165, 1.54) is 25.7 Å². The van der Waals surface area contributed by atoms with Crippen LogP contribution in [0.15, 0.2) is 0 Å². The Morgan fingerprint density at radius 1 is 1.53 bits per heavy atom. The Balaban J connectivity index is 1.84. The summed E-state index contributed by atoms with van der Waals surface area (Å²) >= 11 is 0. The Labute approximate surface area is 92.7 Å². The highest BCUT2D eigenvalue weighted by Crippen LogP contribution is 2.53. The van der Waals surface area contributed by atoms with E-state index < -0.39 is 0 Å². The number of hydrogen-bond donors (Lipinski definition) is 2. The van der Waals surface area contributed by atoms with Crippen LogP contribution in [0.5, 0.6) is 0 Å². The van der Waals surface area contributed by atoms with Crippen LogP contribution in [0.25, 0.3) is 0 Å². The second-order valence-corrected chi connectivity index (χ2v) is 5.61. The number of nitrogens with two attached hydrogens (primary N) is 1. The van der Waals surface area contributed by atoms with Gasteiger partial charge in [0.05, 0.1) is 6.10 Å². The fourth-order valence-corrected chi connectivity index (χ4v) is 2.42. The van der Waals surface area contributed by atoms with E-state index in [1.54, 1.807) is 0 Å². The lowest BCUT2D eigenvalue weighted by molar-refractivity contribution is 0.0941. The molecule has 2 unspecified atom stereocenters. The van der Waals surface area contributed by atoms with Crippen molar-refractivity contribution >= 4 is 0 Å². The van der Waals surface area contributed by atoms with Crippen LogP contribution in [0.3, 0.4) is 0 Å². The molecule has 0 radical (unpaired) electrons. The van der Waals surface area contributed by atoms with E-state index in [2.05, 4.69) is 19.2 Å². The quantitative estimate of drug-likeness (QED) is 0.721. The topological polar surface area (TPSA) is 47.3 Å². The van der Waals surface area contributed by atoms with Crippen LogP contribution in [0.2, 0.25) is 0 Å². The molecule has 2 fully saturated rings. The Morgan fingerprint density at radius 3 is 2.73 bits per heavy atom. The zero-order valence-corrected chi connectivity index (χ0v) is 10.0. The molecule has 88 valence electrons. The average Bonchev–Trinajstić information content (AvgIpc) is 2.82. The third-order valence-electron chi connectivity index (χ3n) is 4.48. The normalized spacial score (nSPS) is 32.6. The molecule has 3 N–H and O–H groups in total. The van der Waals surface area contributed by atoms with Gasteiger partial charge in [0.2, 0.25) is 0 Å². The molecule has 0 aromatic heterocycles. The number of rotatable bonds is 5. The van der Waals surface area contributed by atoms with Gasteiger partial charge in [-0.25, -0.2) is 0 Å². The first-order valence-corrected chi connectivity index (χ1v) is 6.16. The maximum absolute atomic E-state index is 5.91. The summed E-state index contributed by atoms with van der Waals surface area (Å²) in [6, 6.07) is 0. The van der Waals surface area contributed by atoms with E-state index in [4.69, 9.17) is 10.5 Å². The Hall–Kier alpha value is -0.120. The molecule has 2 rings (SSSR count). The highest BCUT2D eigenvalue weighted by molar-refractivity contribution is 5.08. The predicted molar refractivity (Wildman–Crippen MR) is 61.8 cm³/mol. The lowest BCUT2D eigenvalue weighted by Crippen LogP contribution is -2.56. The lowest BCUT2D eigenvalue weighted by atomic mass is 9.83. The number of hydrogen-bond acceptors (Lipinski definition) is 3. The third kappa shape index (κ3) is 2.19. The third-order valence-corrected chi connectivity index (χ3v) is 4.48. The number of ether oxygens (including phenoxy) is 1. The van der Waals surface area contributed by atoms with Gasteiger partial charge in [-0.1, -0.05) is 6.92 Å². The monoisotopic (exact) mass is 212 g/mol. The van der Waals surface area contributed by atoms with Crippen LogP contribution >= 0.6 is 0 Å². The molecule has 15 heavy (non-hydrogen) atoms. The fourth-order valence-electron chi connectivity index (χ4n) is 2.42. The second-order valence-electron chi connectivity index (χ2n) is 5.61. The molecule has 1 saturated carbocycles. The highest BCUT2D eigenvalue weighted by atomic mass is 16.5. The Bertz CT molecular complexity index is 222. The maximum atomic E-state index is 5.91. The molecule has 1 saturated heterocycles. The molecule has 3 nitrogen and oxygen atoms in total. The minimum atomic E-state index is 0.0962. The summed E-state index contributed by atoms with van der Waals surface area (Å²) in [4.78, 5) is 0. The average molecular weight is 212 g/mol. The van der Waals surface area contributed by atoms with Crippen molar-refractivity contribution < 1.29 is 4.74 Å². The standard InChI is InChI=1S/C12H24N2O/c1-11(5-6-11)12(2,9-13)14-8-10-4-3-7-15-10/h10,14H,3-9,13H2,1-2H3. The molecule has 0 amide bonds. The van der Waals surface area contributed by atoms with Gasteiger partial charge in [0.1, 0.15) is 0 Å². The van der Waals surface area contributed by atoms with E-state index >= 15 is 0 Å². The molecule has 3 heteroatoms. The summed E-state index contributed by atoms with van der Waals surface area (Å²) in [7, 11) is 0. The molecule has 1 aliphatic carbocycles. The lowest BCUT2D eigenvalue weighted by Gasteiger charge is -2.37. The second kappa shape index (κ2) is 4.04. The SMILES string of the molecule is CC1(C(C)(CN)NCC2CCCO2)CC1.